The van der Waals surface area contributed by atoms with E-state index in [9.17, 15) is 9.59 Å². The fraction of sp³-hybridized carbons (Fsp3) is 0.423. The van der Waals surface area contributed by atoms with Crippen LogP contribution in [0.2, 0.25) is 0 Å². The van der Waals surface area contributed by atoms with Crippen LogP contribution in [0.4, 0.5) is 0 Å². The van der Waals surface area contributed by atoms with Gasteiger partial charge in [0.15, 0.2) is 0 Å². The molecule has 2 fully saturated rings. The van der Waals surface area contributed by atoms with Crippen LogP contribution in [0.1, 0.15) is 57.0 Å². The number of fused-ring (bicyclic) bond motifs is 4. The number of H-pyrrole nitrogens is 1. The maximum atomic E-state index is 13.5. The summed E-state index contributed by atoms with van der Waals surface area (Å²) in [6.07, 6.45) is 5.56. The summed E-state index contributed by atoms with van der Waals surface area (Å²) in [5, 5.41) is 0. The van der Waals surface area contributed by atoms with Gasteiger partial charge in [-0.15, -0.1) is 0 Å². The van der Waals surface area contributed by atoms with Crippen molar-refractivity contribution in [2.24, 2.45) is 0 Å². The molecule has 3 aromatic rings. The van der Waals surface area contributed by atoms with Gasteiger partial charge < -0.3 is 19.5 Å². The molecule has 170 valence electrons. The Kier molecular flexibility index (Phi) is 5.14. The highest BCUT2D eigenvalue weighted by atomic mass is 16.5. The van der Waals surface area contributed by atoms with Crippen molar-refractivity contribution in [3.05, 3.63) is 65.0 Å². The summed E-state index contributed by atoms with van der Waals surface area (Å²) in [6, 6.07) is 12.1. The standard InChI is InChI=1S/C26H28N4O3/c31-25(29-10-12-33-13-11-29)18-3-6-20-17(14-18)5-8-24-21(20)2-1-9-30(24)26(32)19-4-7-22-23(15-19)28-16-27-22/h3-4,6-7,14-16,21,24H,1-2,5,8-13H2,(H,27,28)/t21-,24+/m1/s1. The molecular formula is C26H28N4O3. The van der Waals surface area contributed by atoms with Crippen molar-refractivity contribution in [2.45, 2.75) is 37.6 Å². The van der Waals surface area contributed by atoms with Crippen LogP contribution in [0, 0.1) is 0 Å². The quantitative estimate of drug-likeness (QED) is 0.657. The molecule has 2 aromatic carbocycles. The van der Waals surface area contributed by atoms with Gasteiger partial charge in [-0.1, -0.05) is 6.07 Å². The highest BCUT2D eigenvalue weighted by Crippen LogP contribution is 2.41. The molecule has 1 aliphatic carbocycles. The molecule has 0 unspecified atom stereocenters. The number of aryl methyl sites for hydroxylation is 1. The van der Waals surface area contributed by atoms with E-state index in [2.05, 4.69) is 27.0 Å². The van der Waals surface area contributed by atoms with Crippen molar-refractivity contribution < 1.29 is 14.3 Å². The number of aromatic amines is 1. The van der Waals surface area contributed by atoms with Gasteiger partial charge in [0.2, 0.25) is 0 Å². The number of rotatable bonds is 2. The summed E-state index contributed by atoms with van der Waals surface area (Å²) in [4.78, 5) is 37.8. The second-order valence-corrected chi connectivity index (χ2v) is 9.31. The smallest absolute Gasteiger partial charge is 0.254 e. The summed E-state index contributed by atoms with van der Waals surface area (Å²) in [7, 11) is 0. The Morgan fingerprint density at radius 3 is 2.67 bits per heavy atom. The van der Waals surface area contributed by atoms with Crippen molar-refractivity contribution in [3.63, 3.8) is 0 Å². The molecule has 3 heterocycles. The van der Waals surface area contributed by atoms with Gasteiger partial charge in [-0.25, -0.2) is 4.98 Å². The number of piperidine rings is 1. The number of imidazole rings is 1. The van der Waals surface area contributed by atoms with Gasteiger partial charge in [-0.3, -0.25) is 9.59 Å². The number of carbonyl (C=O) groups is 2. The number of benzene rings is 2. The third-order valence-electron chi connectivity index (χ3n) is 7.50. The SMILES string of the molecule is O=C(c1ccc2c(c1)CC[C@H]1[C@@H]2CCCN1C(=O)c1ccc2nc[nH]c2c1)N1CCOCC1. The molecule has 2 atom stereocenters. The fourth-order valence-electron chi connectivity index (χ4n) is 5.83. The lowest BCUT2D eigenvalue weighted by atomic mass is 9.73. The molecule has 0 saturated carbocycles. The van der Waals surface area contributed by atoms with Crippen LogP contribution < -0.4 is 0 Å². The predicted octanol–water partition coefficient (Wildman–Crippen LogP) is 3.37. The van der Waals surface area contributed by atoms with E-state index < -0.39 is 0 Å². The van der Waals surface area contributed by atoms with Gasteiger partial charge in [0.05, 0.1) is 30.6 Å². The number of amides is 2. The maximum absolute atomic E-state index is 13.5. The summed E-state index contributed by atoms with van der Waals surface area (Å²) >= 11 is 0. The van der Waals surface area contributed by atoms with E-state index >= 15 is 0 Å². The largest absolute Gasteiger partial charge is 0.378 e. The van der Waals surface area contributed by atoms with Crippen LogP contribution in [0.25, 0.3) is 11.0 Å². The van der Waals surface area contributed by atoms with Crippen molar-refractivity contribution in [3.8, 4) is 0 Å². The fourth-order valence-corrected chi connectivity index (χ4v) is 5.83. The summed E-state index contributed by atoms with van der Waals surface area (Å²) in [5.74, 6) is 0.525. The van der Waals surface area contributed by atoms with Crippen molar-refractivity contribution >= 4 is 22.8 Å². The second kappa shape index (κ2) is 8.30. The monoisotopic (exact) mass is 444 g/mol. The minimum absolute atomic E-state index is 0.0953. The van der Waals surface area contributed by atoms with Gasteiger partial charge in [-0.05, 0) is 67.1 Å². The number of hydrogen-bond acceptors (Lipinski definition) is 4. The first-order chi connectivity index (χ1) is 16.2. The lowest BCUT2D eigenvalue weighted by Gasteiger charge is -2.45. The summed E-state index contributed by atoms with van der Waals surface area (Å²) in [5.41, 5.74) is 5.82. The number of morpholine rings is 1. The van der Waals surface area contributed by atoms with Crippen molar-refractivity contribution in [2.75, 3.05) is 32.8 Å². The van der Waals surface area contributed by atoms with Crippen LogP contribution in [0.15, 0.2) is 42.7 Å². The minimum atomic E-state index is 0.0953. The van der Waals surface area contributed by atoms with E-state index in [1.54, 1.807) is 6.33 Å². The first-order valence-electron chi connectivity index (χ1n) is 11.9. The van der Waals surface area contributed by atoms with Gasteiger partial charge in [0, 0.05) is 42.7 Å². The average Bonchev–Trinajstić information content (AvgIpc) is 3.35. The molecule has 1 aromatic heterocycles. The molecule has 0 bridgehead atoms. The minimum Gasteiger partial charge on any atom is -0.378 e. The van der Waals surface area contributed by atoms with E-state index in [-0.39, 0.29) is 17.9 Å². The Balaban J connectivity index is 1.24. The first kappa shape index (κ1) is 20.4. The number of hydrogen-bond donors (Lipinski definition) is 1. The third kappa shape index (κ3) is 3.60. The number of nitrogens with zero attached hydrogens (tertiary/aromatic N) is 3. The molecule has 0 spiro atoms. The number of ether oxygens (including phenoxy) is 1. The number of aromatic nitrogens is 2. The first-order valence-corrected chi connectivity index (χ1v) is 11.9. The lowest BCUT2D eigenvalue weighted by molar-refractivity contribution is 0.0303. The molecule has 7 nitrogen and oxygen atoms in total. The van der Waals surface area contributed by atoms with E-state index in [4.69, 9.17) is 4.74 Å². The highest BCUT2D eigenvalue weighted by molar-refractivity contribution is 5.98. The number of likely N-dealkylation sites (tertiary alicyclic amines) is 1. The molecular weight excluding hydrogens is 416 g/mol. The maximum Gasteiger partial charge on any atom is 0.254 e. The predicted molar refractivity (Wildman–Crippen MR) is 124 cm³/mol. The Hall–Kier alpha value is -3.19. The Labute approximate surface area is 192 Å². The molecule has 1 N–H and O–H groups in total. The molecule has 3 aliphatic rings. The van der Waals surface area contributed by atoms with Crippen LogP contribution in [-0.4, -0.2) is 70.5 Å². The average molecular weight is 445 g/mol. The highest BCUT2D eigenvalue weighted by Gasteiger charge is 2.39. The second-order valence-electron chi connectivity index (χ2n) is 9.31. The Morgan fingerprint density at radius 2 is 1.79 bits per heavy atom. The molecule has 2 amide bonds. The zero-order valence-corrected chi connectivity index (χ0v) is 18.6. The summed E-state index contributed by atoms with van der Waals surface area (Å²) < 4.78 is 5.38. The van der Waals surface area contributed by atoms with E-state index in [1.807, 2.05) is 29.2 Å². The van der Waals surface area contributed by atoms with Crippen molar-refractivity contribution in [1.29, 1.82) is 0 Å². The number of carbonyl (C=O) groups excluding carboxylic acids is 2. The lowest BCUT2D eigenvalue weighted by Crippen LogP contribution is -2.49. The summed E-state index contributed by atoms with van der Waals surface area (Å²) in [6.45, 7) is 3.32. The van der Waals surface area contributed by atoms with Crippen LogP contribution in [0.3, 0.4) is 0 Å². The Bertz CT molecular complexity index is 1210. The van der Waals surface area contributed by atoms with Gasteiger partial charge in [0.1, 0.15) is 0 Å². The van der Waals surface area contributed by atoms with Gasteiger partial charge in [-0.2, -0.15) is 0 Å². The zero-order chi connectivity index (χ0) is 22.4. The molecule has 0 radical (unpaired) electrons. The Morgan fingerprint density at radius 1 is 0.970 bits per heavy atom. The zero-order valence-electron chi connectivity index (χ0n) is 18.6. The van der Waals surface area contributed by atoms with E-state index in [0.29, 0.717) is 37.8 Å². The topological polar surface area (TPSA) is 78.5 Å². The molecule has 7 heteroatoms. The van der Waals surface area contributed by atoms with E-state index in [1.165, 1.54) is 11.1 Å². The molecule has 6 rings (SSSR count). The van der Waals surface area contributed by atoms with Gasteiger partial charge in [0.25, 0.3) is 11.8 Å². The van der Waals surface area contributed by atoms with E-state index in [0.717, 1.165) is 48.8 Å². The van der Waals surface area contributed by atoms with Gasteiger partial charge >= 0.3 is 0 Å². The van der Waals surface area contributed by atoms with Crippen molar-refractivity contribution in [1.82, 2.24) is 19.8 Å². The van der Waals surface area contributed by atoms with Crippen LogP contribution in [0.5, 0.6) is 0 Å². The third-order valence-corrected chi connectivity index (χ3v) is 7.50. The normalized spacial score (nSPS) is 22.7. The van der Waals surface area contributed by atoms with Crippen LogP contribution in [-0.2, 0) is 11.2 Å². The molecule has 2 saturated heterocycles. The number of nitrogens with one attached hydrogen (secondary N) is 1. The molecule has 33 heavy (non-hydrogen) atoms. The van der Waals surface area contributed by atoms with Crippen LogP contribution >= 0.6 is 0 Å². The molecule has 2 aliphatic heterocycles.